The fourth-order valence-corrected chi connectivity index (χ4v) is 2.95. The van der Waals surface area contributed by atoms with Crippen molar-refractivity contribution in [3.05, 3.63) is 65.7 Å². The van der Waals surface area contributed by atoms with Crippen molar-refractivity contribution in [2.24, 2.45) is 0 Å². The molecule has 5 atom stereocenters. The van der Waals surface area contributed by atoms with Crippen LogP contribution in [0.3, 0.4) is 0 Å². The van der Waals surface area contributed by atoms with Crippen molar-refractivity contribution in [1.29, 1.82) is 0 Å². The first kappa shape index (κ1) is 23.2. The molecule has 0 bridgehead atoms. The van der Waals surface area contributed by atoms with Gasteiger partial charge in [0.1, 0.15) is 42.5 Å². The van der Waals surface area contributed by atoms with Crippen molar-refractivity contribution in [1.82, 2.24) is 0 Å². The minimum atomic E-state index is -1.62. The van der Waals surface area contributed by atoms with Crippen molar-refractivity contribution in [3.63, 3.8) is 0 Å². The number of hydrogen-bond acceptors (Lipinski definition) is 9. The van der Waals surface area contributed by atoms with Crippen molar-refractivity contribution < 1.29 is 49.3 Å². The number of aromatic hydroxyl groups is 1. The molecular formula is C22H22O10. The lowest BCUT2D eigenvalue weighted by Gasteiger charge is -2.39. The molecule has 5 N–H and O–H groups in total. The Morgan fingerprint density at radius 1 is 0.938 bits per heavy atom. The van der Waals surface area contributed by atoms with Crippen molar-refractivity contribution in [3.8, 4) is 11.5 Å². The number of carbonyl (C=O) groups excluding carboxylic acids is 1. The van der Waals surface area contributed by atoms with E-state index in [0.29, 0.717) is 5.56 Å². The molecule has 1 aliphatic heterocycles. The summed E-state index contributed by atoms with van der Waals surface area (Å²) in [6.07, 6.45) is -4.93. The van der Waals surface area contributed by atoms with Gasteiger partial charge < -0.3 is 39.7 Å². The number of carboxylic acids is 1. The smallest absolute Gasteiger partial charge is 0.338 e. The Balaban J connectivity index is 1.62. The average molecular weight is 446 g/mol. The van der Waals surface area contributed by atoms with Gasteiger partial charge in [-0.15, -0.1) is 0 Å². The van der Waals surface area contributed by atoms with Gasteiger partial charge in [0.05, 0.1) is 5.56 Å². The molecule has 0 aliphatic carbocycles. The van der Waals surface area contributed by atoms with Crippen LogP contribution in [0.15, 0.2) is 54.6 Å². The Morgan fingerprint density at radius 2 is 1.59 bits per heavy atom. The maximum absolute atomic E-state index is 12.1. The minimum Gasteiger partial charge on any atom is -0.508 e. The molecule has 10 nitrogen and oxygen atoms in total. The quantitative estimate of drug-likeness (QED) is 0.299. The van der Waals surface area contributed by atoms with Crippen LogP contribution in [0, 0.1) is 0 Å². The van der Waals surface area contributed by atoms with Crippen LogP contribution in [0.25, 0.3) is 6.08 Å². The summed E-state index contributed by atoms with van der Waals surface area (Å²) in [5.41, 5.74) is 0.762. The number of phenolic OH excluding ortho intramolecular Hbond substituents is 1. The summed E-state index contributed by atoms with van der Waals surface area (Å²) in [6.45, 7) is -0.427. The van der Waals surface area contributed by atoms with E-state index in [0.717, 1.165) is 6.08 Å². The van der Waals surface area contributed by atoms with Gasteiger partial charge in [-0.1, -0.05) is 12.1 Å². The Hall–Kier alpha value is -3.44. The van der Waals surface area contributed by atoms with Gasteiger partial charge in [0.2, 0.25) is 6.29 Å². The number of carbonyl (C=O) groups is 2. The van der Waals surface area contributed by atoms with E-state index in [1.54, 1.807) is 12.1 Å². The second-order valence-corrected chi connectivity index (χ2v) is 7.02. The van der Waals surface area contributed by atoms with Crippen LogP contribution < -0.4 is 4.74 Å². The minimum absolute atomic E-state index is 0.0179. The lowest BCUT2D eigenvalue weighted by atomic mass is 9.99. The Bertz CT molecular complexity index is 954. The van der Waals surface area contributed by atoms with Crippen molar-refractivity contribution in [2.75, 3.05) is 6.61 Å². The molecule has 5 unspecified atom stereocenters. The number of ether oxygens (including phenoxy) is 3. The highest BCUT2D eigenvalue weighted by atomic mass is 16.7. The molecule has 0 saturated carbocycles. The number of aliphatic hydroxyl groups is 3. The number of phenols is 1. The Labute approximate surface area is 182 Å². The average Bonchev–Trinajstić information content (AvgIpc) is 2.78. The summed E-state index contributed by atoms with van der Waals surface area (Å²) in [7, 11) is 0. The fourth-order valence-electron chi connectivity index (χ4n) is 2.95. The van der Waals surface area contributed by atoms with E-state index in [4.69, 9.17) is 19.3 Å². The molecule has 0 amide bonds. The molecule has 1 fully saturated rings. The standard InChI is InChI=1S/C22H22O10/c23-14-6-4-13(5-7-14)21(29)30-11-16-18(26)19(27)20(28)22(32-16)31-15-8-1-12(2-9-15)3-10-17(24)25/h1-10,16,18-20,22-23,26-28H,11H2,(H,24,25). The largest absolute Gasteiger partial charge is 0.508 e. The van der Waals surface area contributed by atoms with Gasteiger partial charge in [-0.3, -0.25) is 0 Å². The van der Waals surface area contributed by atoms with Gasteiger partial charge in [0.15, 0.2) is 0 Å². The molecule has 170 valence electrons. The maximum Gasteiger partial charge on any atom is 0.338 e. The molecule has 2 aromatic rings. The van der Waals surface area contributed by atoms with Crippen LogP contribution >= 0.6 is 0 Å². The predicted molar refractivity (Wildman–Crippen MR) is 109 cm³/mol. The topological polar surface area (TPSA) is 163 Å². The van der Waals surface area contributed by atoms with Crippen molar-refractivity contribution >= 4 is 18.0 Å². The first-order chi connectivity index (χ1) is 15.2. The third-order valence-corrected chi connectivity index (χ3v) is 4.70. The highest BCUT2D eigenvalue weighted by Gasteiger charge is 2.45. The number of hydrogen-bond donors (Lipinski definition) is 5. The Morgan fingerprint density at radius 3 is 2.22 bits per heavy atom. The van der Waals surface area contributed by atoms with E-state index in [2.05, 4.69) is 0 Å². The van der Waals surface area contributed by atoms with Crippen LogP contribution in [0.4, 0.5) is 0 Å². The molecule has 1 saturated heterocycles. The van der Waals surface area contributed by atoms with Crippen LogP contribution in [0.5, 0.6) is 11.5 Å². The molecule has 0 radical (unpaired) electrons. The third kappa shape index (κ3) is 5.83. The summed E-state index contributed by atoms with van der Waals surface area (Å²) in [4.78, 5) is 22.7. The lowest BCUT2D eigenvalue weighted by molar-refractivity contribution is -0.277. The summed E-state index contributed by atoms with van der Waals surface area (Å²) >= 11 is 0. The highest BCUT2D eigenvalue weighted by Crippen LogP contribution is 2.25. The first-order valence-corrected chi connectivity index (χ1v) is 9.58. The van der Waals surface area contributed by atoms with Gasteiger partial charge in [0, 0.05) is 6.08 Å². The number of aliphatic carboxylic acids is 1. The number of rotatable bonds is 7. The van der Waals surface area contributed by atoms with Gasteiger partial charge in [-0.25, -0.2) is 9.59 Å². The molecule has 1 aliphatic rings. The summed E-state index contributed by atoms with van der Waals surface area (Å²) in [6, 6.07) is 11.5. The van der Waals surface area contributed by atoms with Crippen LogP contribution in [0.2, 0.25) is 0 Å². The van der Waals surface area contributed by atoms with Gasteiger partial charge in [-0.05, 0) is 48.0 Å². The van der Waals surface area contributed by atoms with E-state index in [9.17, 15) is 30.0 Å². The lowest BCUT2D eigenvalue weighted by Crippen LogP contribution is -2.60. The molecule has 32 heavy (non-hydrogen) atoms. The number of benzene rings is 2. The zero-order valence-electron chi connectivity index (χ0n) is 16.6. The second kappa shape index (κ2) is 10.2. The normalized spacial score (nSPS) is 25.4. The maximum atomic E-state index is 12.1. The molecular weight excluding hydrogens is 424 g/mol. The van der Waals surface area contributed by atoms with E-state index in [1.807, 2.05) is 0 Å². The molecule has 0 aromatic heterocycles. The number of esters is 1. The van der Waals surface area contributed by atoms with Crippen molar-refractivity contribution in [2.45, 2.75) is 30.7 Å². The summed E-state index contributed by atoms with van der Waals surface area (Å²) in [5.74, 6) is -1.58. The van der Waals surface area contributed by atoms with Crippen LogP contribution in [0.1, 0.15) is 15.9 Å². The first-order valence-electron chi connectivity index (χ1n) is 9.58. The monoisotopic (exact) mass is 446 g/mol. The van der Waals surface area contributed by atoms with Gasteiger partial charge in [0.25, 0.3) is 0 Å². The molecule has 3 rings (SSSR count). The van der Waals surface area contributed by atoms with E-state index in [1.165, 1.54) is 42.5 Å². The molecule has 10 heteroatoms. The zero-order chi connectivity index (χ0) is 23.3. The van der Waals surface area contributed by atoms with E-state index >= 15 is 0 Å². The second-order valence-electron chi connectivity index (χ2n) is 7.02. The molecule has 2 aromatic carbocycles. The highest BCUT2D eigenvalue weighted by molar-refractivity contribution is 5.89. The predicted octanol–water partition coefficient (Wildman–Crippen LogP) is 0.533. The summed E-state index contributed by atoms with van der Waals surface area (Å²) in [5, 5.41) is 48.5. The van der Waals surface area contributed by atoms with Crippen LogP contribution in [-0.2, 0) is 14.3 Å². The number of carboxylic acid groups (broad SMARTS) is 1. The SMILES string of the molecule is O=C(O)C=Cc1ccc(OC2OC(COC(=O)c3ccc(O)cc3)C(O)C(O)C2O)cc1. The van der Waals surface area contributed by atoms with E-state index < -0.39 is 49.3 Å². The third-order valence-electron chi connectivity index (χ3n) is 4.70. The van der Waals surface area contributed by atoms with Gasteiger partial charge >= 0.3 is 11.9 Å². The number of aliphatic hydroxyl groups excluding tert-OH is 3. The Kier molecular flexibility index (Phi) is 7.44. The van der Waals surface area contributed by atoms with Gasteiger partial charge in [-0.2, -0.15) is 0 Å². The molecule has 0 spiro atoms. The van der Waals surface area contributed by atoms with Crippen LogP contribution in [-0.4, -0.2) is 74.8 Å². The fraction of sp³-hybridized carbons (Fsp3) is 0.273. The summed E-state index contributed by atoms with van der Waals surface area (Å²) < 4.78 is 16.2. The van der Waals surface area contributed by atoms with E-state index in [-0.39, 0.29) is 17.1 Å². The molecule has 1 heterocycles. The zero-order valence-corrected chi connectivity index (χ0v) is 16.6.